The van der Waals surface area contributed by atoms with E-state index in [4.69, 9.17) is 14.2 Å². The fourth-order valence-electron chi connectivity index (χ4n) is 2.34. The molecule has 0 aromatic heterocycles. The summed E-state index contributed by atoms with van der Waals surface area (Å²) >= 11 is 3.35. The molecule has 0 heterocycles. The molecule has 0 radical (unpaired) electrons. The SMILES string of the molecule is COC(=O)COc1c(Br)cc(/C=C(/C#N)C(=O)Nc2ccc(OC)cc2)cc1OC. The number of nitrogens with one attached hydrogen (secondary N) is 1. The minimum Gasteiger partial charge on any atom is -0.497 e. The second-order valence-corrected chi connectivity index (χ2v) is 6.61. The summed E-state index contributed by atoms with van der Waals surface area (Å²) in [4.78, 5) is 23.8. The quantitative estimate of drug-likeness (QED) is 0.354. The molecular formula is C21H19BrN2O6. The van der Waals surface area contributed by atoms with Crippen LogP contribution in [0.3, 0.4) is 0 Å². The Bertz CT molecular complexity index is 996. The number of amides is 1. The van der Waals surface area contributed by atoms with E-state index in [0.717, 1.165) is 0 Å². The Morgan fingerprint density at radius 1 is 1.13 bits per heavy atom. The molecule has 2 rings (SSSR count). The van der Waals surface area contributed by atoms with E-state index >= 15 is 0 Å². The van der Waals surface area contributed by atoms with Crippen molar-refractivity contribution in [2.45, 2.75) is 0 Å². The summed E-state index contributed by atoms with van der Waals surface area (Å²) in [5.74, 6) is 0.141. The van der Waals surface area contributed by atoms with E-state index < -0.39 is 11.9 Å². The lowest BCUT2D eigenvalue weighted by Crippen LogP contribution is -2.14. The molecule has 0 saturated carbocycles. The third kappa shape index (κ3) is 5.99. The van der Waals surface area contributed by atoms with Crippen molar-refractivity contribution in [2.75, 3.05) is 33.3 Å². The first-order valence-corrected chi connectivity index (χ1v) is 9.35. The molecule has 0 spiro atoms. The topological polar surface area (TPSA) is 107 Å². The van der Waals surface area contributed by atoms with Crippen molar-refractivity contribution >= 4 is 39.6 Å². The lowest BCUT2D eigenvalue weighted by molar-refractivity contribution is -0.142. The van der Waals surface area contributed by atoms with Crippen LogP contribution in [0.2, 0.25) is 0 Å². The summed E-state index contributed by atoms with van der Waals surface area (Å²) in [6.07, 6.45) is 1.41. The second kappa shape index (κ2) is 10.9. The van der Waals surface area contributed by atoms with Crippen molar-refractivity contribution in [1.29, 1.82) is 5.26 Å². The van der Waals surface area contributed by atoms with Gasteiger partial charge in [-0.2, -0.15) is 5.26 Å². The summed E-state index contributed by atoms with van der Waals surface area (Å²) in [6.45, 7) is -0.297. The Morgan fingerprint density at radius 3 is 2.40 bits per heavy atom. The Balaban J connectivity index is 2.25. The second-order valence-electron chi connectivity index (χ2n) is 5.75. The van der Waals surface area contributed by atoms with Crippen LogP contribution in [0.1, 0.15) is 5.56 Å². The lowest BCUT2D eigenvalue weighted by Gasteiger charge is -2.13. The Morgan fingerprint density at radius 2 is 1.83 bits per heavy atom. The molecule has 1 amide bonds. The predicted molar refractivity (Wildman–Crippen MR) is 113 cm³/mol. The first kappa shape index (κ1) is 22.8. The van der Waals surface area contributed by atoms with Crippen molar-refractivity contribution in [1.82, 2.24) is 0 Å². The molecule has 156 valence electrons. The Hall–Kier alpha value is -3.51. The number of nitrogens with zero attached hydrogens (tertiary/aromatic N) is 1. The number of anilines is 1. The van der Waals surface area contributed by atoms with Gasteiger partial charge < -0.3 is 24.3 Å². The van der Waals surface area contributed by atoms with Crippen molar-refractivity contribution in [3.8, 4) is 23.3 Å². The number of rotatable bonds is 8. The van der Waals surface area contributed by atoms with E-state index in [2.05, 4.69) is 26.0 Å². The van der Waals surface area contributed by atoms with Crippen molar-refractivity contribution in [3.05, 3.63) is 52.0 Å². The van der Waals surface area contributed by atoms with Crippen LogP contribution in [0.25, 0.3) is 6.08 Å². The molecule has 0 aliphatic carbocycles. The van der Waals surface area contributed by atoms with Gasteiger partial charge in [0.25, 0.3) is 5.91 Å². The van der Waals surface area contributed by atoms with E-state index in [0.29, 0.717) is 33.0 Å². The molecule has 8 nitrogen and oxygen atoms in total. The maximum Gasteiger partial charge on any atom is 0.343 e. The molecule has 0 saturated heterocycles. The van der Waals surface area contributed by atoms with Crippen LogP contribution in [-0.2, 0) is 14.3 Å². The van der Waals surface area contributed by atoms with Gasteiger partial charge in [-0.15, -0.1) is 0 Å². The van der Waals surface area contributed by atoms with Gasteiger partial charge in [0.1, 0.15) is 17.4 Å². The number of hydrogen-bond donors (Lipinski definition) is 1. The maximum atomic E-state index is 12.5. The van der Waals surface area contributed by atoms with E-state index in [-0.39, 0.29) is 12.2 Å². The fourth-order valence-corrected chi connectivity index (χ4v) is 2.92. The van der Waals surface area contributed by atoms with Crippen molar-refractivity contribution in [3.63, 3.8) is 0 Å². The third-order valence-electron chi connectivity index (χ3n) is 3.84. The summed E-state index contributed by atoms with van der Waals surface area (Å²) in [5, 5.41) is 12.1. The van der Waals surface area contributed by atoms with E-state index in [9.17, 15) is 14.9 Å². The van der Waals surface area contributed by atoms with Crippen molar-refractivity contribution in [2.24, 2.45) is 0 Å². The molecule has 2 aromatic rings. The molecule has 0 bridgehead atoms. The number of carbonyl (C=O) groups is 2. The molecule has 0 fully saturated rings. The van der Waals surface area contributed by atoms with Crippen LogP contribution >= 0.6 is 15.9 Å². The molecule has 0 aliphatic rings. The third-order valence-corrected chi connectivity index (χ3v) is 4.43. The van der Waals surface area contributed by atoms with Gasteiger partial charge in [0, 0.05) is 5.69 Å². The van der Waals surface area contributed by atoms with E-state index in [1.165, 1.54) is 20.3 Å². The van der Waals surface area contributed by atoms with Gasteiger partial charge in [-0.05, 0) is 64.0 Å². The molecule has 0 atom stereocenters. The van der Waals surface area contributed by atoms with Gasteiger partial charge in [0.15, 0.2) is 18.1 Å². The lowest BCUT2D eigenvalue weighted by atomic mass is 10.1. The molecule has 1 N–H and O–H groups in total. The van der Waals surface area contributed by atoms with Crippen LogP contribution in [0, 0.1) is 11.3 Å². The number of esters is 1. The average Bonchev–Trinajstić information content (AvgIpc) is 2.76. The maximum absolute atomic E-state index is 12.5. The summed E-state index contributed by atoms with van der Waals surface area (Å²) in [5.41, 5.74) is 0.931. The highest BCUT2D eigenvalue weighted by atomic mass is 79.9. The molecule has 9 heteroatoms. The Labute approximate surface area is 182 Å². The molecule has 2 aromatic carbocycles. The minimum absolute atomic E-state index is 0.108. The number of benzene rings is 2. The van der Waals surface area contributed by atoms with Crippen LogP contribution in [0.4, 0.5) is 5.69 Å². The summed E-state index contributed by atoms with van der Waals surface area (Å²) in [6, 6.07) is 11.8. The minimum atomic E-state index is -0.566. The zero-order valence-electron chi connectivity index (χ0n) is 16.5. The number of nitriles is 1. The monoisotopic (exact) mass is 474 g/mol. The molecule has 0 aliphatic heterocycles. The Kier molecular flexibility index (Phi) is 8.26. The normalized spacial score (nSPS) is 10.6. The first-order valence-electron chi connectivity index (χ1n) is 8.56. The van der Waals surface area contributed by atoms with Gasteiger partial charge in [0.05, 0.1) is 25.8 Å². The van der Waals surface area contributed by atoms with Crippen LogP contribution in [0.5, 0.6) is 17.2 Å². The van der Waals surface area contributed by atoms with Gasteiger partial charge >= 0.3 is 5.97 Å². The number of halogens is 1. The highest BCUT2D eigenvalue weighted by Gasteiger charge is 2.15. The number of carbonyl (C=O) groups excluding carboxylic acids is 2. The highest BCUT2D eigenvalue weighted by molar-refractivity contribution is 9.10. The van der Waals surface area contributed by atoms with Crippen LogP contribution in [0.15, 0.2) is 46.4 Å². The average molecular weight is 475 g/mol. The number of ether oxygens (including phenoxy) is 4. The van der Waals surface area contributed by atoms with Gasteiger partial charge in [-0.1, -0.05) is 0 Å². The number of hydrogen-bond acceptors (Lipinski definition) is 7. The predicted octanol–water partition coefficient (Wildman–Crippen LogP) is 3.56. The highest BCUT2D eigenvalue weighted by Crippen LogP contribution is 2.37. The van der Waals surface area contributed by atoms with Crippen LogP contribution < -0.4 is 19.5 Å². The fraction of sp³-hybridized carbons (Fsp3) is 0.190. The molecule has 0 unspecified atom stereocenters. The zero-order chi connectivity index (χ0) is 22.1. The standard InChI is InChI=1S/C21H19BrN2O6/c1-27-16-6-4-15(5-7-16)24-21(26)14(11-23)8-13-9-17(22)20(18(10-13)28-2)30-12-19(25)29-3/h4-10H,12H2,1-3H3,(H,24,26)/b14-8-. The van der Waals surface area contributed by atoms with Gasteiger partial charge in [-0.25, -0.2) is 4.79 Å². The van der Waals surface area contributed by atoms with Crippen molar-refractivity contribution < 1.29 is 28.5 Å². The molecule has 30 heavy (non-hydrogen) atoms. The smallest absolute Gasteiger partial charge is 0.343 e. The van der Waals surface area contributed by atoms with E-state index in [1.807, 2.05) is 6.07 Å². The summed E-state index contributed by atoms with van der Waals surface area (Å²) in [7, 11) is 4.23. The van der Waals surface area contributed by atoms with Gasteiger partial charge in [-0.3, -0.25) is 4.79 Å². The molecular weight excluding hydrogens is 456 g/mol. The largest absolute Gasteiger partial charge is 0.497 e. The first-order chi connectivity index (χ1) is 14.4. The zero-order valence-corrected chi connectivity index (χ0v) is 18.1. The summed E-state index contributed by atoms with van der Waals surface area (Å²) < 4.78 is 20.8. The van der Waals surface area contributed by atoms with Gasteiger partial charge in [0.2, 0.25) is 0 Å². The number of methoxy groups -OCH3 is 3. The van der Waals surface area contributed by atoms with Crippen LogP contribution in [-0.4, -0.2) is 39.8 Å². The van der Waals surface area contributed by atoms with E-state index in [1.54, 1.807) is 43.5 Å².